The molecule has 1 heterocycles. The van der Waals surface area contributed by atoms with Crippen LogP contribution in [0.4, 0.5) is 0 Å². The zero-order valence-corrected chi connectivity index (χ0v) is 8.54. The lowest BCUT2D eigenvalue weighted by Crippen LogP contribution is -2.43. The van der Waals surface area contributed by atoms with Gasteiger partial charge in [-0.05, 0) is 32.7 Å². The summed E-state index contributed by atoms with van der Waals surface area (Å²) in [4.78, 5) is 2.47. The van der Waals surface area contributed by atoms with Crippen molar-refractivity contribution in [3.8, 4) is 0 Å². The summed E-state index contributed by atoms with van der Waals surface area (Å²) in [5.41, 5.74) is 0. The van der Waals surface area contributed by atoms with Crippen LogP contribution in [0.2, 0.25) is 0 Å². The van der Waals surface area contributed by atoms with Crippen LogP contribution in [0, 0.1) is 0 Å². The van der Waals surface area contributed by atoms with Gasteiger partial charge in [-0.25, -0.2) is 0 Å². The van der Waals surface area contributed by atoms with E-state index in [0.29, 0.717) is 12.6 Å². The predicted molar refractivity (Wildman–Crippen MR) is 52.8 cm³/mol. The van der Waals surface area contributed by atoms with Gasteiger partial charge in [-0.2, -0.15) is 0 Å². The van der Waals surface area contributed by atoms with Crippen molar-refractivity contribution >= 4 is 0 Å². The van der Waals surface area contributed by atoms with Crippen LogP contribution in [0.25, 0.3) is 0 Å². The average Bonchev–Trinajstić information content (AvgIpc) is 2.15. The third-order valence-electron chi connectivity index (χ3n) is 2.61. The predicted octanol–water partition coefficient (Wildman–Crippen LogP) is 0.870. The standard InChI is InChI=1S/C10H21NO2/c1-10-9-13-8-6-11(10)5-3-2-4-7-12/h10,12H,2-9H2,1H3. The Morgan fingerprint density at radius 3 is 2.92 bits per heavy atom. The second kappa shape index (κ2) is 6.35. The maximum Gasteiger partial charge on any atom is 0.0619 e. The van der Waals surface area contributed by atoms with Gasteiger partial charge in [-0.15, -0.1) is 0 Å². The number of rotatable bonds is 5. The number of aliphatic hydroxyl groups excluding tert-OH is 1. The van der Waals surface area contributed by atoms with Crippen LogP contribution in [0.3, 0.4) is 0 Å². The molecule has 3 heteroatoms. The number of ether oxygens (including phenoxy) is 1. The maximum absolute atomic E-state index is 8.62. The number of nitrogens with zero attached hydrogens (tertiary/aromatic N) is 1. The van der Waals surface area contributed by atoms with Gasteiger partial charge in [0, 0.05) is 19.2 Å². The molecule has 1 aliphatic rings. The van der Waals surface area contributed by atoms with Gasteiger partial charge in [0.1, 0.15) is 0 Å². The Bertz CT molecular complexity index is 130. The molecule has 13 heavy (non-hydrogen) atoms. The molecule has 0 aromatic rings. The normalized spacial score (nSPS) is 24.9. The molecule has 1 aliphatic heterocycles. The second-order valence-corrected chi connectivity index (χ2v) is 3.74. The van der Waals surface area contributed by atoms with Crippen LogP contribution < -0.4 is 0 Å². The van der Waals surface area contributed by atoms with Crippen molar-refractivity contribution in [1.29, 1.82) is 0 Å². The van der Waals surface area contributed by atoms with Gasteiger partial charge < -0.3 is 9.84 Å². The first kappa shape index (κ1) is 11.0. The van der Waals surface area contributed by atoms with Crippen molar-refractivity contribution in [2.24, 2.45) is 0 Å². The monoisotopic (exact) mass is 187 g/mol. The Balaban J connectivity index is 2.05. The highest BCUT2D eigenvalue weighted by molar-refractivity contribution is 4.70. The molecule has 0 saturated carbocycles. The van der Waals surface area contributed by atoms with E-state index < -0.39 is 0 Å². The van der Waals surface area contributed by atoms with Crippen LogP contribution in [-0.4, -0.2) is 49.0 Å². The summed E-state index contributed by atoms with van der Waals surface area (Å²) >= 11 is 0. The van der Waals surface area contributed by atoms with Crippen LogP contribution in [-0.2, 0) is 4.74 Å². The van der Waals surface area contributed by atoms with E-state index in [1.54, 1.807) is 0 Å². The average molecular weight is 187 g/mol. The van der Waals surface area contributed by atoms with E-state index in [-0.39, 0.29) is 0 Å². The first-order chi connectivity index (χ1) is 6.34. The van der Waals surface area contributed by atoms with Crippen LogP contribution in [0.5, 0.6) is 0 Å². The van der Waals surface area contributed by atoms with Crippen LogP contribution >= 0.6 is 0 Å². The summed E-state index contributed by atoms with van der Waals surface area (Å²) in [6.07, 6.45) is 3.28. The molecule has 0 amide bonds. The molecule has 1 unspecified atom stereocenters. The van der Waals surface area contributed by atoms with E-state index in [2.05, 4.69) is 11.8 Å². The van der Waals surface area contributed by atoms with E-state index >= 15 is 0 Å². The van der Waals surface area contributed by atoms with Gasteiger partial charge in [-0.1, -0.05) is 0 Å². The van der Waals surface area contributed by atoms with Gasteiger partial charge in [0.05, 0.1) is 13.2 Å². The molecule has 0 spiro atoms. The summed E-state index contributed by atoms with van der Waals surface area (Å²) in [6.45, 7) is 6.53. The molecule has 0 aliphatic carbocycles. The molecule has 1 fully saturated rings. The largest absolute Gasteiger partial charge is 0.396 e. The lowest BCUT2D eigenvalue weighted by molar-refractivity contribution is -0.00101. The Labute approximate surface area is 80.7 Å². The molecule has 0 aromatic heterocycles. The van der Waals surface area contributed by atoms with Gasteiger partial charge in [0.2, 0.25) is 0 Å². The van der Waals surface area contributed by atoms with Gasteiger partial charge in [0.15, 0.2) is 0 Å². The topological polar surface area (TPSA) is 32.7 Å². The van der Waals surface area contributed by atoms with Crippen molar-refractivity contribution in [3.05, 3.63) is 0 Å². The van der Waals surface area contributed by atoms with E-state index in [0.717, 1.165) is 39.1 Å². The Hall–Kier alpha value is -0.120. The Morgan fingerprint density at radius 1 is 1.38 bits per heavy atom. The highest BCUT2D eigenvalue weighted by Gasteiger charge is 2.17. The Kier molecular flexibility index (Phi) is 5.35. The maximum atomic E-state index is 8.62. The Morgan fingerprint density at radius 2 is 2.23 bits per heavy atom. The van der Waals surface area contributed by atoms with E-state index in [1.807, 2.05) is 0 Å². The minimum Gasteiger partial charge on any atom is -0.396 e. The van der Waals surface area contributed by atoms with Crippen molar-refractivity contribution in [3.63, 3.8) is 0 Å². The molecule has 1 N–H and O–H groups in total. The van der Waals surface area contributed by atoms with Gasteiger partial charge in [0.25, 0.3) is 0 Å². The number of hydrogen-bond donors (Lipinski definition) is 1. The van der Waals surface area contributed by atoms with Crippen molar-refractivity contribution in [2.75, 3.05) is 32.9 Å². The molecule has 0 radical (unpaired) electrons. The lowest BCUT2D eigenvalue weighted by atomic mass is 10.2. The number of unbranched alkanes of at least 4 members (excludes halogenated alkanes) is 2. The molecule has 78 valence electrons. The van der Waals surface area contributed by atoms with Crippen molar-refractivity contribution in [1.82, 2.24) is 4.90 Å². The summed E-state index contributed by atoms with van der Waals surface area (Å²) in [5, 5.41) is 8.62. The van der Waals surface area contributed by atoms with Gasteiger partial charge in [-0.3, -0.25) is 4.90 Å². The zero-order chi connectivity index (χ0) is 9.52. The fourth-order valence-corrected chi connectivity index (χ4v) is 1.70. The van der Waals surface area contributed by atoms with E-state index in [1.165, 1.54) is 6.42 Å². The summed E-state index contributed by atoms with van der Waals surface area (Å²) in [5.74, 6) is 0. The summed E-state index contributed by atoms with van der Waals surface area (Å²) in [7, 11) is 0. The fraction of sp³-hybridized carbons (Fsp3) is 1.00. The SMILES string of the molecule is CC1COCCN1CCCCCO. The highest BCUT2D eigenvalue weighted by atomic mass is 16.5. The van der Waals surface area contributed by atoms with E-state index in [4.69, 9.17) is 9.84 Å². The molecule has 1 rings (SSSR count). The molecular weight excluding hydrogens is 166 g/mol. The minimum atomic E-state index is 0.332. The quantitative estimate of drug-likeness (QED) is 0.648. The molecule has 1 saturated heterocycles. The first-order valence-corrected chi connectivity index (χ1v) is 5.27. The number of hydrogen-bond acceptors (Lipinski definition) is 3. The first-order valence-electron chi connectivity index (χ1n) is 5.27. The molecule has 1 atom stereocenters. The third-order valence-corrected chi connectivity index (χ3v) is 2.61. The number of morpholine rings is 1. The minimum absolute atomic E-state index is 0.332. The summed E-state index contributed by atoms with van der Waals surface area (Å²) < 4.78 is 5.36. The fourth-order valence-electron chi connectivity index (χ4n) is 1.70. The second-order valence-electron chi connectivity index (χ2n) is 3.74. The molecular formula is C10H21NO2. The third kappa shape index (κ3) is 4.07. The van der Waals surface area contributed by atoms with Crippen molar-refractivity contribution < 1.29 is 9.84 Å². The van der Waals surface area contributed by atoms with Gasteiger partial charge >= 0.3 is 0 Å². The highest BCUT2D eigenvalue weighted by Crippen LogP contribution is 2.07. The smallest absolute Gasteiger partial charge is 0.0619 e. The van der Waals surface area contributed by atoms with Crippen LogP contribution in [0.15, 0.2) is 0 Å². The molecule has 0 bridgehead atoms. The summed E-state index contributed by atoms with van der Waals surface area (Å²) in [6, 6.07) is 0.572. The lowest BCUT2D eigenvalue weighted by Gasteiger charge is -2.33. The zero-order valence-electron chi connectivity index (χ0n) is 8.54. The van der Waals surface area contributed by atoms with Crippen molar-refractivity contribution in [2.45, 2.75) is 32.2 Å². The van der Waals surface area contributed by atoms with E-state index in [9.17, 15) is 0 Å². The number of aliphatic hydroxyl groups is 1. The van der Waals surface area contributed by atoms with Crippen LogP contribution in [0.1, 0.15) is 26.2 Å². The molecule has 3 nitrogen and oxygen atoms in total. The molecule has 0 aromatic carbocycles.